The molecule has 0 aromatic heterocycles. The summed E-state index contributed by atoms with van der Waals surface area (Å²) in [7, 11) is 3.46. The summed E-state index contributed by atoms with van der Waals surface area (Å²) in [5.74, 6) is 0.820. The van der Waals surface area contributed by atoms with Crippen molar-refractivity contribution in [3.05, 3.63) is 29.8 Å². The van der Waals surface area contributed by atoms with Crippen LogP contribution in [0, 0.1) is 11.8 Å². The number of rotatable bonds is 7. The Morgan fingerprint density at radius 2 is 1.96 bits per heavy atom. The van der Waals surface area contributed by atoms with Gasteiger partial charge in [0.1, 0.15) is 0 Å². The van der Waals surface area contributed by atoms with Crippen molar-refractivity contribution in [2.75, 3.05) is 19.4 Å². The molecule has 4 nitrogen and oxygen atoms in total. The normalized spacial score (nSPS) is 16.0. The summed E-state index contributed by atoms with van der Waals surface area (Å²) >= 11 is 0. The molecule has 0 bridgehead atoms. The quantitative estimate of drug-likeness (QED) is 0.809. The van der Waals surface area contributed by atoms with E-state index in [-0.39, 0.29) is 17.7 Å². The number of amides is 2. The molecule has 132 valence electrons. The number of carbonyl (C=O) groups excluding carboxylic acids is 2. The molecule has 1 aliphatic rings. The van der Waals surface area contributed by atoms with Gasteiger partial charge in [-0.2, -0.15) is 0 Å². The van der Waals surface area contributed by atoms with Crippen LogP contribution in [0.2, 0.25) is 0 Å². The summed E-state index contributed by atoms with van der Waals surface area (Å²) in [4.78, 5) is 26.3. The molecule has 0 radical (unpaired) electrons. The molecular formula is C20H30N2O2. The molecule has 0 saturated heterocycles. The molecule has 2 rings (SSSR count). The zero-order chi connectivity index (χ0) is 17.5. The first kappa shape index (κ1) is 18.5. The van der Waals surface area contributed by atoms with E-state index in [4.69, 9.17) is 0 Å². The Kier molecular flexibility index (Phi) is 6.83. The molecule has 1 atom stereocenters. The van der Waals surface area contributed by atoms with Gasteiger partial charge in [0.15, 0.2) is 0 Å². The van der Waals surface area contributed by atoms with E-state index in [0.29, 0.717) is 17.2 Å². The lowest BCUT2D eigenvalue weighted by Crippen LogP contribution is -2.25. The highest BCUT2D eigenvalue weighted by atomic mass is 16.2. The van der Waals surface area contributed by atoms with Crippen LogP contribution in [0.25, 0.3) is 0 Å². The molecule has 1 aliphatic carbocycles. The highest BCUT2D eigenvalue weighted by molar-refractivity contribution is 5.97. The molecular weight excluding hydrogens is 300 g/mol. The van der Waals surface area contributed by atoms with Crippen LogP contribution in [-0.2, 0) is 4.79 Å². The number of nitrogens with one attached hydrogen (secondary N) is 1. The average Bonchev–Trinajstić information content (AvgIpc) is 3.07. The van der Waals surface area contributed by atoms with Crippen LogP contribution in [0.15, 0.2) is 24.3 Å². The first-order valence-electron chi connectivity index (χ1n) is 9.13. The third kappa shape index (κ3) is 5.08. The summed E-state index contributed by atoms with van der Waals surface area (Å²) in [6.07, 6.45) is 8.08. The maximum absolute atomic E-state index is 12.7. The smallest absolute Gasteiger partial charge is 0.253 e. The lowest BCUT2D eigenvalue weighted by molar-refractivity contribution is -0.120. The minimum absolute atomic E-state index is 0.0536. The van der Waals surface area contributed by atoms with Gasteiger partial charge in [-0.15, -0.1) is 0 Å². The van der Waals surface area contributed by atoms with E-state index >= 15 is 0 Å². The molecule has 0 aliphatic heterocycles. The molecule has 1 N–H and O–H groups in total. The molecule has 1 aromatic carbocycles. The number of anilines is 1. The van der Waals surface area contributed by atoms with E-state index < -0.39 is 0 Å². The third-order valence-electron chi connectivity index (χ3n) is 4.88. The lowest BCUT2D eigenvalue weighted by atomic mass is 9.89. The summed E-state index contributed by atoms with van der Waals surface area (Å²) in [6.45, 7) is 2.13. The van der Waals surface area contributed by atoms with Gasteiger partial charge in [0.05, 0.1) is 0 Å². The molecule has 4 heteroatoms. The van der Waals surface area contributed by atoms with E-state index in [1.54, 1.807) is 31.1 Å². The largest absolute Gasteiger partial charge is 0.345 e. The van der Waals surface area contributed by atoms with Gasteiger partial charge in [0.2, 0.25) is 5.91 Å². The highest BCUT2D eigenvalue weighted by Gasteiger charge is 2.24. The lowest BCUT2D eigenvalue weighted by Gasteiger charge is -2.20. The molecule has 1 aromatic rings. The number of nitrogens with zero attached hydrogens (tertiary/aromatic N) is 1. The molecule has 2 amide bonds. The predicted molar refractivity (Wildman–Crippen MR) is 98.1 cm³/mol. The molecule has 0 spiro atoms. The summed E-state index contributed by atoms with van der Waals surface area (Å²) in [5, 5.41) is 3.03. The fourth-order valence-corrected chi connectivity index (χ4v) is 3.59. The Morgan fingerprint density at radius 1 is 1.25 bits per heavy atom. The number of hydrogen-bond donors (Lipinski definition) is 1. The van der Waals surface area contributed by atoms with Gasteiger partial charge in [-0.25, -0.2) is 0 Å². The maximum atomic E-state index is 12.7. The van der Waals surface area contributed by atoms with E-state index in [1.807, 2.05) is 12.1 Å². The first-order valence-corrected chi connectivity index (χ1v) is 9.13. The van der Waals surface area contributed by atoms with Crippen LogP contribution in [0.4, 0.5) is 5.69 Å². The summed E-state index contributed by atoms with van der Waals surface area (Å²) in [5.41, 5.74) is 1.31. The zero-order valence-corrected chi connectivity index (χ0v) is 15.2. The van der Waals surface area contributed by atoms with Crippen molar-refractivity contribution >= 4 is 17.5 Å². The van der Waals surface area contributed by atoms with Crippen LogP contribution < -0.4 is 5.32 Å². The SMILES string of the molecule is CCCC(CC1CCCC1)C(=O)Nc1cccc(C(=O)N(C)C)c1. The predicted octanol–water partition coefficient (Wildman–Crippen LogP) is 4.32. The van der Waals surface area contributed by atoms with Gasteiger partial charge in [-0.1, -0.05) is 45.1 Å². The van der Waals surface area contributed by atoms with E-state index in [2.05, 4.69) is 12.2 Å². The van der Waals surface area contributed by atoms with Crippen LogP contribution in [-0.4, -0.2) is 30.8 Å². The Balaban J connectivity index is 2.02. The second kappa shape index (κ2) is 8.86. The number of hydrogen-bond acceptors (Lipinski definition) is 2. The molecule has 1 unspecified atom stereocenters. The maximum Gasteiger partial charge on any atom is 0.253 e. The van der Waals surface area contributed by atoms with Crippen molar-refractivity contribution in [1.82, 2.24) is 4.90 Å². The Labute approximate surface area is 145 Å². The minimum Gasteiger partial charge on any atom is -0.345 e. The molecule has 1 saturated carbocycles. The summed E-state index contributed by atoms with van der Waals surface area (Å²) in [6, 6.07) is 7.21. The zero-order valence-electron chi connectivity index (χ0n) is 15.2. The number of benzene rings is 1. The number of carbonyl (C=O) groups is 2. The van der Waals surface area contributed by atoms with Crippen molar-refractivity contribution in [1.29, 1.82) is 0 Å². The van der Waals surface area contributed by atoms with Crippen LogP contribution in [0.1, 0.15) is 62.2 Å². The van der Waals surface area contributed by atoms with Crippen molar-refractivity contribution < 1.29 is 9.59 Å². The van der Waals surface area contributed by atoms with Crippen LogP contribution >= 0.6 is 0 Å². The van der Waals surface area contributed by atoms with Crippen LogP contribution in [0.5, 0.6) is 0 Å². The van der Waals surface area contributed by atoms with Crippen molar-refractivity contribution in [2.45, 2.75) is 51.9 Å². The second-order valence-electron chi connectivity index (χ2n) is 7.14. The Morgan fingerprint density at radius 3 is 2.58 bits per heavy atom. The fourth-order valence-electron chi connectivity index (χ4n) is 3.59. The van der Waals surface area contributed by atoms with Gasteiger partial charge in [-0.3, -0.25) is 9.59 Å². The standard InChI is InChI=1S/C20H30N2O2/c1-4-8-16(13-15-9-5-6-10-15)19(23)21-18-12-7-11-17(14-18)20(24)22(2)3/h7,11-12,14-16H,4-6,8-10,13H2,1-3H3,(H,21,23). The topological polar surface area (TPSA) is 49.4 Å². The van der Waals surface area contributed by atoms with Crippen molar-refractivity contribution in [2.24, 2.45) is 11.8 Å². The highest BCUT2D eigenvalue weighted by Crippen LogP contribution is 2.32. The minimum atomic E-state index is -0.0536. The second-order valence-corrected chi connectivity index (χ2v) is 7.14. The van der Waals surface area contributed by atoms with Crippen molar-refractivity contribution in [3.8, 4) is 0 Å². The van der Waals surface area contributed by atoms with Gasteiger partial charge < -0.3 is 10.2 Å². The van der Waals surface area contributed by atoms with Gasteiger partial charge in [0.25, 0.3) is 5.91 Å². The Hall–Kier alpha value is -1.84. The van der Waals surface area contributed by atoms with Crippen molar-refractivity contribution in [3.63, 3.8) is 0 Å². The average molecular weight is 330 g/mol. The van der Waals surface area contributed by atoms with E-state index in [9.17, 15) is 9.59 Å². The van der Waals surface area contributed by atoms with Gasteiger partial charge in [0, 0.05) is 31.3 Å². The Bertz CT molecular complexity index is 563. The molecule has 0 heterocycles. The molecule has 1 fully saturated rings. The monoisotopic (exact) mass is 330 g/mol. The van der Waals surface area contributed by atoms with Gasteiger partial charge >= 0.3 is 0 Å². The third-order valence-corrected chi connectivity index (χ3v) is 4.88. The first-order chi connectivity index (χ1) is 11.5. The van der Waals surface area contributed by atoms with E-state index in [0.717, 1.165) is 19.3 Å². The van der Waals surface area contributed by atoms with Crippen LogP contribution in [0.3, 0.4) is 0 Å². The fraction of sp³-hybridized carbons (Fsp3) is 0.600. The van der Waals surface area contributed by atoms with Gasteiger partial charge in [-0.05, 0) is 37.0 Å². The summed E-state index contributed by atoms with van der Waals surface area (Å²) < 4.78 is 0. The van der Waals surface area contributed by atoms with E-state index in [1.165, 1.54) is 25.7 Å². The molecule has 24 heavy (non-hydrogen) atoms.